The maximum absolute atomic E-state index is 13.6. The molecule has 0 aliphatic carbocycles. The number of carbonyl (C=O) groups is 2. The highest BCUT2D eigenvalue weighted by molar-refractivity contribution is 7.13. The molecule has 0 bridgehead atoms. The van der Waals surface area contributed by atoms with Gasteiger partial charge in [0, 0.05) is 73.7 Å². The van der Waals surface area contributed by atoms with E-state index >= 15 is 0 Å². The molecule has 1 aliphatic heterocycles. The molecule has 232 valence electrons. The third-order valence-electron chi connectivity index (χ3n) is 7.20. The van der Waals surface area contributed by atoms with Crippen LogP contribution in [0.4, 0.5) is 29.6 Å². The number of pyridine rings is 3. The molecule has 0 radical (unpaired) electrons. The molecular formula is C28H29F3N8O4S. The SMILES string of the molecule is CCNC(=O)Nc1cc(-c2nc(C(F)(F)F)cs2)c(-c2cc3c(=O)c(C(=O)O)cn(CC)c3nc2N2CCN(C)CC2)cn1. The molecule has 4 aromatic heterocycles. The summed E-state index contributed by atoms with van der Waals surface area (Å²) in [6, 6.07) is 2.38. The summed E-state index contributed by atoms with van der Waals surface area (Å²) in [7, 11) is 1.98. The number of aryl methyl sites for hydroxylation is 1. The Morgan fingerprint density at radius 3 is 2.41 bits per heavy atom. The second-order valence-electron chi connectivity index (χ2n) is 10.1. The Labute approximate surface area is 253 Å². The lowest BCUT2D eigenvalue weighted by Gasteiger charge is -2.34. The highest BCUT2D eigenvalue weighted by Gasteiger charge is 2.34. The van der Waals surface area contributed by atoms with Gasteiger partial charge in [-0.3, -0.25) is 10.1 Å². The minimum absolute atomic E-state index is 0.00311. The topological polar surface area (TPSA) is 146 Å². The number of urea groups is 1. The van der Waals surface area contributed by atoms with Crippen LogP contribution in [0.15, 0.2) is 34.7 Å². The first-order valence-corrected chi connectivity index (χ1v) is 14.6. The van der Waals surface area contributed by atoms with Gasteiger partial charge in [0.1, 0.15) is 27.9 Å². The van der Waals surface area contributed by atoms with E-state index in [1.54, 1.807) is 18.4 Å². The van der Waals surface area contributed by atoms with Gasteiger partial charge in [0.2, 0.25) is 5.43 Å². The van der Waals surface area contributed by atoms with Crippen molar-refractivity contribution in [1.82, 2.24) is 29.7 Å². The van der Waals surface area contributed by atoms with E-state index in [-0.39, 0.29) is 27.4 Å². The molecule has 44 heavy (non-hydrogen) atoms. The maximum Gasteiger partial charge on any atom is 0.434 e. The van der Waals surface area contributed by atoms with Crippen LogP contribution in [0.25, 0.3) is 32.7 Å². The zero-order valence-electron chi connectivity index (χ0n) is 24.0. The number of likely N-dealkylation sites (N-methyl/N-ethyl adjacent to an activating group) is 1. The van der Waals surface area contributed by atoms with Gasteiger partial charge in [0.05, 0.1) is 5.39 Å². The first kappa shape index (κ1) is 30.9. The van der Waals surface area contributed by atoms with Crippen molar-refractivity contribution in [2.75, 3.05) is 50.0 Å². The van der Waals surface area contributed by atoms with E-state index in [0.29, 0.717) is 56.2 Å². The summed E-state index contributed by atoms with van der Waals surface area (Å²) in [6.45, 7) is 6.75. The Hall–Kier alpha value is -4.57. The monoisotopic (exact) mass is 630 g/mol. The highest BCUT2D eigenvalue weighted by Crippen LogP contribution is 2.41. The number of hydrogen-bond acceptors (Lipinski definition) is 9. The van der Waals surface area contributed by atoms with Crippen LogP contribution in [-0.2, 0) is 12.7 Å². The molecular weight excluding hydrogens is 601 g/mol. The molecule has 12 nitrogen and oxygen atoms in total. The molecule has 0 spiro atoms. The predicted octanol–water partition coefficient (Wildman–Crippen LogP) is 4.21. The number of hydrogen-bond donors (Lipinski definition) is 3. The van der Waals surface area contributed by atoms with E-state index < -0.39 is 34.9 Å². The molecule has 0 atom stereocenters. The smallest absolute Gasteiger partial charge is 0.434 e. The highest BCUT2D eigenvalue weighted by atomic mass is 32.1. The first-order chi connectivity index (χ1) is 20.9. The van der Waals surface area contributed by atoms with E-state index in [9.17, 15) is 32.7 Å². The summed E-state index contributed by atoms with van der Waals surface area (Å²) >= 11 is 0.766. The van der Waals surface area contributed by atoms with Crippen molar-refractivity contribution in [3.8, 4) is 21.7 Å². The van der Waals surface area contributed by atoms with Gasteiger partial charge in [-0.2, -0.15) is 13.2 Å². The van der Waals surface area contributed by atoms with Crippen LogP contribution >= 0.6 is 11.3 Å². The third-order valence-corrected chi connectivity index (χ3v) is 8.08. The van der Waals surface area contributed by atoms with Gasteiger partial charge in [0.15, 0.2) is 5.69 Å². The number of carboxylic acid groups (broad SMARTS) is 1. The number of halogens is 3. The van der Waals surface area contributed by atoms with Crippen LogP contribution in [0, 0.1) is 0 Å². The van der Waals surface area contributed by atoms with E-state index in [1.165, 1.54) is 24.5 Å². The number of anilines is 2. The van der Waals surface area contributed by atoms with E-state index in [4.69, 9.17) is 4.98 Å². The lowest BCUT2D eigenvalue weighted by atomic mass is 10.00. The van der Waals surface area contributed by atoms with Crippen molar-refractivity contribution in [3.05, 3.63) is 51.4 Å². The molecule has 2 amide bonds. The summed E-state index contributed by atoms with van der Waals surface area (Å²) in [5.74, 6) is -0.875. The van der Waals surface area contributed by atoms with Crippen LogP contribution < -0.4 is 21.0 Å². The molecule has 4 aromatic rings. The molecule has 1 fully saturated rings. The number of amides is 2. The van der Waals surface area contributed by atoms with Crippen molar-refractivity contribution >= 4 is 46.0 Å². The van der Waals surface area contributed by atoms with Crippen LogP contribution in [0.3, 0.4) is 0 Å². The van der Waals surface area contributed by atoms with Crippen molar-refractivity contribution < 1.29 is 27.9 Å². The number of carboxylic acids is 1. The van der Waals surface area contributed by atoms with Gasteiger partial charge >= 0.3 is 18.2 Å². The van der Waals surface area contributed by atoms with Crippen molar-refractivity contribution in [1.29, 1.82) is 0 Å². The molecule has 1 aliphatic rings. The van der Waals surface area contributed by atoms with Gasteiger partial charge in [-0.15, -0.1) is 11.3 Å². The molecule has 3 N–H and O–H groups in total. The third kappa shape index (κ3) is 6.07. The number of nitrogens with one attached hydrogen (secondary N) is 2. The number of rotatable bonds is 7. The number of thiazole rings is 1. The standard InChI is InChI=1S/C28H29F3N8O4S/c1-4-32-27(43)35-21-11-16(25-34-20(14-44-25)28(29,30)31)18(12-33-21)15-10-17-22(40)19(26(41)42)13-38(5-2)24(17)36-23(15)39-8-6-37(3)7-9-39/h10-14H,4-9H2,1-3H3,(H,41,42)(H2,32,33,35,43). The van der Waals surface area contributed by atoms with E-state index in [2.05, 4.69) is 25.5 Å². The summed E-state index contributed by atoms with van der Waals surface area (Å²) in [5.41, 5.74) is -1.10. The second kappa shape index (κ2) is 12.2. The zero-order chi connectivity index (χ0) is 31.8. The number of carbonyl (C=O) groups excluding carboxylic acids is 1. The van der Waals surface area contributed by atoms with Crippen LogP contribution in [0.5, 0.6) is 0 Å². The van der Waals surface area contributed by atoms with Gasteiger partial charge < -0.3 is 24.8 Å². The minimum atomic E-state index is -4.68. The summed E-state index contributed by atoms with van der Waals surface area (Å²) in [6.07, 6.45) is -2.04. The van der Waals surface area contributed by atoms with E-state index in [1.807, 2.05) is 11.9 Å². The molecule has 0 unspecified atom stereocenters. The number of aromatic nitrogens is 4. The summed E-state index contributed by atoms with van der Waals surface area (Å²) < 4.78 is 42.3. The largest absolute Gasteiger partial charge is 0.477 e. The summed E-state index contributed by atoms with van der Waals surface area (Å²) in [5, 5.41) is 15.8. The van der Waals surface area contributed by atoms with Gasteiger partial charge in [-0.25, -0.2) is 24.5 Å². The Balaban J connectivity index is 1.80. The fraction of sp³-hybridized carbons (Fsp3) is 0.357. The number of alkyl halides is 3. The minimum Gasteiger partial charge on any atom is -0.477 e. The molecule has 1 saturated heterocycles. The van der Waals surface area contributed by atoms with Crippen LogP contribution in [-0.4, -0.2) is 81.3 Å². The fourth-order valence-corrected chi connectivity index (χ4v) is 5.77. The van der Waals surface area contributed by atoms with Crippen molar-refractivity contribution in [2.24, 2.45) is 0 Å². The van der Waals surface area contributed by atoms with Crippen molar-refractivity contribution in [2.45, 2.75) is 26.6 Å². The molecule has 0 aromatic carbocycles. The lowest BCUT2D eigenvalue weighted by molar-refractivity contribution is -0.140. The quantitative estimate of drug-likeness (QED) is 0.273. The zero-order valence-corrected chi connectivity index (χ0v) is 24.8. The maximum atomic E-state index is 13.6. The van der Waals surface area contributed by atoms with Gasteiger partial charge in [-0.1, -0.05) is 0 Å². The van der Waals surface area contributed by atoms with Crippen molar-refractivity contribution in [3.63, 3.8) is 0 Å². The van der Waals surface area contributed by atoms with Gasteiger partial charge in [0.25, 0.3) is 0 Å². The average molecular weight is 631 g/mol. The number of fused-ring (bicyclic) bond motifs is 1. The first-order valence-electron chi connectivity index (χ1n) is 13.7. The fourth-order valence-electron chi connectivity index (χ4n) is 4.92. The Bertz CT molecular complexity index is 1800. The number of piperazine rings is 1. The van der Waals surface area contributed by atoms with E-state index in [0.717, 1.165) is 16.7 Å². The summed E-state index contributed by atoms with van der Waals surface area (Å²) in [4.78, 5) is 54.8. The number of nitrogens with zero attached hydrogens (tertiary/aromatic N) is 6. The Kier molecular flexibility index (Phi) is 8.56. The molecule has 5 heterocycles. The Morgan fingerprint density at radius 1 is 1.07 bits per heavy atom. The number of aromatic carboxylic acids is 1. The predicted molar refractivity (Wildman–Crippen MR) is 160 cm³/mol. The van der Waals surface area contributed by atoms with Crippen LogP contribution in [0.1, 0.15) is 29.9 Å². The normalized spacial score (nSPS) is 14.2. The molecule has 0 saturated carbocycles. The average Bonchev–Trinajstić information content (AvgIpc) is 3.49. The molecule has 5 rings (SSSR count). The van der Waals surface area contributed by atoms with Gasteiger partial charge in [-0.05, 0) is 33.0 Å². The second-order valence-corrected chi connectivity index (χ2v) is 11.0. The lowest BCUT2D eigenvalue weighted by Crippen LogP contribution is -2.45. The Morgan fingerprint density at radius 2 is 1.80 bits per heavy atom. The molecule has 16 heteroatoms. The van der Waals surface area contributed by atoms with Crippen LogP contribution in [0.2, 0.25) is 0 Å².